The Hall–Kier alpha value is -1.91. The summed E-state index contributed by atoms with van der Waals surface area (Å²) in [6, 6.07) is 15.4. The molecule has 0 unspecified atom stereocenters. The topological polar surface area (TPSA) is 28.6 Å². The van der Waals surface area contributed by atoms with Crippen LogP contribution in [0.3, 0.4) is 0 Å². The van der Waals surface area contributed by atoms with Gasteiger partial charge in [0, 0.05) is 44.3 Å². The molecular weight excluding hydrogens is 322 g/mol. The van der Waals surface area contributed by atoms with Crippen LogP contribution in [0.5, 0.6) is 0 Å². The summed E-state index contributed by atoms with van der Waals surface area (Å²) in [7, 11) is 0. The highest BCUT2D eigenvalue weighted by Gasteiger charge is 2.33. The van der Waals surface area contributed by atoms with Gasteiger partial charge in [-0.25, -0.2) is 4.98 Å². The highest BCUT2D eigenvalue weighted by atomic mass is 16.5. The molecule has 1 atom stereocenters. The first kappa shape index (κ1) is 17.5. The van der Waals surface area contributed by atoms with Crippen molar-refractivity contribution in [3.8, 4) is 0 Å². The zero-order chi connectivity index (χ0) is 17.8. The molecule has 2 aromatic rings. The van der Waals surface area contributed by atoms with Gasteiger partial charge in [0.2, 0.25) is 0 Å². The molecule has 0 radical (unpaired) electrons. The number of ether oxygens (including phenoxy) is 1. The van der Waals surface area contributed by atoms with E-state index in [0.717, 1.165) is 51.8 Å². The van der Waals surface area contributed by atoms with Gasteiger partial charge in [0.25, 0.3) is 0 Å². The number of pyridine rings is 1. The highest BCUT2D eigenvalue weighted by Crippen LogP contribution is 2.35. The number of rotatable bonds is 4. The molecule has 0 aliphatic carbocycles. The summed E-state index contributed by atoms with van der Waals surface area (Å²) in [6.45, 7) is 9.21. The first-order chi connectivity index (χ1) is 12.7. The van der Waals surface area contributed by atoms with Crippen molar-refractivity contribution in [2.75, 3.05) is 44.3 Å². The van der Waals surface area contributed by atoms with E-state index in [4.69, 9.17) is 9.72 Å². The van der Waals surface area contributed by atoms with E-state index in [0.29, 0.717) is 0 Å². The molecular formula is C22H29N3O. The monoisotopic (exact) mass is 351 g/mol. The van der Waals surface area contributed by atoms with E-state index >= 15 is 0 Å². The number of benzene rings is 1. The molecule has 138 valence electrons. The van der Waals surface area contributed by atoms with Crippen molar-refractivity contribution in [1.29, 1.82) is 0 Å². The van der Waals surface area contributed by atoms with Crippen molar-refractivity contribution in [3.63, 3.8) is 0 Å². The lowest BCUT2D eigenvalue weighted by atomic mass is 9.76. The van der Waals surface area contributed by atoms with E-state index in [9.17, 15) is 0 Å². The number of aromatic nitrogens is 1. The fraction of sp³-hybridized carbons (Fsp3) is 0.500. The van der Waals surface area contributed by atoms with E-state index in [1.807, 2.05) is 0 Å². The molecule has 4 rings (SSSR count). The Kier molecular flexibility index (Phi) is 5.23. The molecule has 1 aromatic heterocycles. The first-order valence-corrected chi connectivity index (χ1v) is 9.78. The summed E-state index contributed by atoms with van der Waals surface area (Å²) in [5, 5.41) is 0. The van der Waals surface area contributed by atoms with Gasteiger partial charge in [-0.15, -0.1) is 0 Å². The van der Waals surface area contributed by atoms with Gasteiger partial charge in [-0.05, 0) is 30.0 Å². The molecule has 0 amide bonds. The second kappa shape index (κ2) is 7.77. The van der Waals surface area contributed by atoms with Gasteiger partial charge in [-0.3, -0.25) is 4.90 Å². The third-order valence-electron chi connectivity index (χ3n) is 5.81. The van der Waals surface area contributed by atoms with Crippen LogP contribution in [0.1, 0.15) is 30.9 Å². The Balaban J connectivity index is 1.43. The van der Waals surface area contributed by atoms with Gasteiger partial charge in [-0.2, -0.15) is 0 Å². The van der Waals surface area contributed by atoms with Crippen molar-refractivity contribution in [3.05, 3.63) is 59.8 Å². The van der Waals surface area contributed by atoms with Crippen LogP contribution in [0.2, 0.25) is 0 Å². The van der Waals surface area contributed by atoms with Gasteiger partial charge in [0.1, 0.15) is 5.82 Å². The van der Waals surface area contributed by atoms with Gasteiger partial charge < -0.3 is 9.64 Å². The molecule has 2 fully saturated rings. The van der Waals surface area contributed by atoms with Crippen LogP contribution in [-0.2, 0) is 16.7 Å². The average Bonchev–Trinajstić information content (AvgIpc) is 2.70. The lowest BCUT2D eigenvalue weighted by molar-refractivity contribution is 0.0341. The quantitative estimate of drug-likeness (QED) is 0.843. The third kappa shape index (κ3) is 3.92. The van der Waals surface area contributed by atoms with Gasteiger partial charge in [0.05, 0.1) is 13.2 Å². The fourth-order valence-electron chi connectivity index (χ4n) is 4.23. The lowest BCUT2D eigenvalue weighted by Crippen LogP contribution is -2.44. The third-order valence-corrected chi connectivity index (χ3v) is 5.81. The molecule has 3 heterocycles. The van der Waals surface area contributed by atoms with Gasteiger partial charge >= 0.3 is 0 Å². The maximum Gasteiger partial charge on any atom is 0.128 e. The molecule has 0 saturated carbocycles. The van der Waals surface area contributed by atoms with Crippen LogP contribution in [0, 0.1) is 0 Å². The van der Waals surface area contributed by atoms with Crippen LogP contribution < -0.4 is 4.90 Å². The SMILES string of the molecule is C[C@@]1(c2ccccc2)CCCN(c2ccc(CN3CCOCC3)cn2)C1. The second-order valence-electron chi connectivity index (χ2n) is 7.86. The Morgan fingerprint density at radius 2 is 1.85 bits per heavy atom. The Bertz CT molecular complexity index is 697. The Morgan fingerprint density at radius 1 is 1.04 bits per heavy atom. The molecule has 4 nitrogen and oxygen atoms in total. The summed E-state index contributed by atoms with van der Waals surface area (Å²) in [5.74, 6) is 1.11. The molecule has 0 spiro atoms. The number of morpholine rings is 1. The first-order valence-electron chi connectivity index (χ1n) is 9.78. The lowest BCUT2D eigenvalue weighted by Gasteiger charge is -2.41. The Labute approximate surface area is 156 Å². The number of anilines is 1. The van der Waals surface area contributed by atoms with Crippen molar-refractivity contribution in [2.45, 2.75) is 31.7 Å². The maximum atomic E-state index is 5.43. The van der Waals surface area contributed by atoms with Crippen molar-refractivity contribution < 1.29 is 4.74 Å². The number of nitrogens with zero attached hydrogens (tertiary/aromatic N) is 3. The standard InChI is InChI=1S/C22H29N3O/c1-22(20-6-3-2-4-7-20)10-5-11-25(18-22)21-9-8-19(16-23-21)17-24-12-14-26-15-13-24/h2-4,6-9,16H,5,10-15,17-18H2,1H3/t22-/m1/s1. The molecule has 0 N–H and O–H groups in total. The van der Waals surface area contributed by atoms with E-state index in [2.05, 4.69) is 65.4 Å². The summed E-state index contributed by atoms with van der Waals surface area (Å²) in [5.41, 5.74) is 2.93. The van der Waals surface area contributed by atoms with E-state index in [1.165, 1.54) is 24.0 Å². The molecule has 4 heteroatoms. The normalized spacial score (nSPS) is 24.6. The Morgan fingerprint density at radius 3 is 2.58 bits per heavy atom. The number of hydrogen-bond donors (Lipinski definition) is 0. The van der Waals surface area contributed by atoms with Crippen LogP contribution in [0.25, 0.3) is 0 Å². The molecule has 0 bridgehead atoms. The number of piperidine rings is 1. The second-order valence-corrected chi connectivity index (χ2v) is 7.86. The van der Waals surface area contributed by atoms with Crippen LogP contribution >= 0.6 is 0 Å². The zero-order valence-electron chi connectivity index (χ0n) is 15.7. The zero-order valence-corrected chi connectivity index (χ0v) is 15.7. The molecule has 2 saturated heterocycles. The van der Waals surface area contributed by atoms with Crippen LogP contribution in [0.4, 0.5) is 5.82 Å². The van der Waals surface area contributed by atoms with Gasteiger partial charge in [-0.1, -0.05) is 43.3 Å². The summed E-state index contributed by atoms with van der Waals surface area (Å²) >= 11 is 0. The maximum absolute atomic E-state index is 5.43. The fourth-order valence-corrected chi connectivity index (χ4v) is 4.23. The smallest absolute Gasteiger partial charge is 0.128 e. The predicted octanol–water partition coefficient (Wildman–Crippen LogP) is 3.47. The minimum Gasteiger partial charge on any atom is -0.379 e. The largest absolute Gasteiger partial charge is 0.379 e. The van der Waals surface area contributed by atoms with E-state index < -0.39 is 0 Å². The van der Waals surface area contributed by atoms with E-state index in [1.54, 1.807) is 0 Å². The molecule has 1 aromatic carbocycles. The van der Waals surface area contributed by atoms with Crippen molar-refractivity contribution in [2.24, 2.45) is 0 Å². The molecule has 2 aliphatic heterocycles. The predicted molar refractivity (Wildman–Crippen MR) is 106 cm³/mol. The van der Waals surface area contributed by atoms with Crippen LogP contribution in [0.15, 0.2) is 48.7 Å². The van der Waals surface area contributed by atoms with E-state index in [-0.39, 0.29) is 5.41 Å². The summed E-state index contributed by atoms with van der Waals surface area (Å²) < 4.78 is 5.43. The highest BCUT2D eigenvalue weighted by molar-refractivity contribution is 5.42. The van der Waals surface area contributed by atoms with Gasteiger partial charge in [0.15, 0.2) is 0 Å². The summed E-state index contributed by atoms with van der Waals surface area (Å²) in [4.78, 5) is 9.69. The number of hydrogen-bond acceptors (Lipinski definition) is 4. The average molecular weight is 351 g/mol. The minimum atomic E-state index is 0.202. The minimum absolute atomic E-state index is 0.202. The molecule has 26 heavy (non-hydrogen) atoms. The van der Waals surface area contributed by atoms with Crippen LogP contribution in [-0.4, -0.2) is 49.3 Å². The summed E-state index contributed by atoms with van der Waals surface area (Å²) in [6.07, 6.45) is 4.50. The molecule has 2 aliphatic rings. The van der Waals surface area contributed by atoms with Crippen molar-refractivity contribution >= 4 is 5.82 Å². The van der Waals surface area contributed by atoms with Crippen molar-refractivity contribution in [1.82, 2.24) is 9.88 Å².